The molecule has 1 atom stereocenters. The molecule has 1 aliphatic heterocycles. The molecule has 5 nitrogen and oxygen atoms in total. The Hall–Kier alpha value is -1.62. The Morgan fingerprint density at radius 2 is 2.39 bits per heavy atom. The van der Waals surface area contributed by atoms with E-state index in [1.54, 1.807) is 0 Å². The van der Waals surface area contributed by atoms with Gasteiger partial charge in [-0.25, -0.2) is 4.79 Å². The Morgan fingerprint density at radius 3 is 3.00 bits per heavy atom. The summed E-state index contributed by atoms with van der Waals surface area (Å²) in [6.45, 7) is 4.54. The maximum absolute atomic E-state index is 10.8. The third-order valence-corrected chi connectivity index (χ3v) is 2.95. The lowest BCUT2D eigenvalue weighted by molar-refractivity contribution is -0.0327. The van der Waals surface area contributed by atoms with Crippen LogP contribution in [0, 0.1) is 0 Å². The smallest absolute Gasteiger partial charge is 0.337 e. The van der Waals surface area contributed by atoms with E-state index >= 15 is 0 Å². The Morgan fingerprint density at radius 1 is 1.61 bits per heavy atom. The normalized spacial score (nSPS) is 21.8. The van der Waals surface area contributed by atoms with E-state index in [1.165, 1.54) is 18.5 Å². The van der Waals surface area contributed by atoms with E-state index in [-0.39, 0.29) is 17.3 Å². The number of hydrogen-bond acceptors (Lipinski definition) is 4. The number of aromatic nitrogens is 1. The van der Waals surface area contributed by atoms with Gasteiger partial charge in [0, 0.05) is 6.20 Å². The number of rotatable bonds is 4. The summed E-state index contributed by atoms with van der Waals surface area (Å²) < 4.78 is 11.3. The summed E-state index contributed by atoms with van der Waals surface area (Å²) in [6.07, 6.45) is 4.83. The highest BCUT2D eigenvalue weighted by Gasteiger charge is 2.31. The number of hydrogen-bond donors (Lipinski definition) is 1. The number of aromatic carboxylic acids is 1. The second kappa shape index (κ2) is 4.94. The van der Waals surface area contributed by atoms with Gasteiger partial charge in [-0.1, -0.05) is 0 Å². The second-order valence-electron chi connectivity index (χ2n) is 5.06. The molecule has 1 unspecified atom stereocenters. The van der Waals surface area contributed by atoms with Gasteiger partial charge in [-0.05, 0) is 32.8 Å². The molecule has 1 saturated heterocycles. The third kappa shape index (κ3) is 3.20. The third-order valence-electron chi connectivity index (χ3n) is 2.95. The van der Waals surface area contributed by atoms with Crippen molar-refractivity contribution >= 4 is 5.97 Å². The molecule has 2 rings (SSSR count). The Kier molecular flexibility index (Phi) is 3.52. The number of carbonyl (C=O) groups is 1. The molecule has 0 bridgehead atoms. The molecule has 1 fully saturated rings. The molecule has 18 heavy (non-hydrogen) atoms. The predicted octanol–water partition coefficient (Wildman–Crippen LogP) is 2.12. The molecule has 0 aromatic carbocycles. The minimum absolute atomic E-state index is 0.0634. The van der Waals surface area contributed by atoms with Crippen LogP contribution in [0.15, 0.2) is 18.5 Å². The summed E-state index contributed by atoms with van der Waals surface area (Å²) in [4.78, 5) is 14.6. The van der Waals surface area contributed by atoms with Crippen molar-refractivity contribution in [3.63, 3.8) is 0 Å². The molecule has 1 aromatic rings. The van der Waals surface area contributed by atoms with E-state index in [4.69, 9.17) is 14.6 Å². The van der Waals surface area contributed by atoms with Crippen LogP contribution in [0.2, 0.25) is 0 Å². The summed E-state index contributed by atoms with van der Waals surface area (Å²) in [7, 11) is 0. The van der Waals surface area contributed by atoms with Crippen molar-refractivity contribution in [3.8, 4) is 5.75 Å². The van der Waals surface area contributed by atoms with Gasteiger partial charge in [0.1, 0.15) is 12.4 Å². The molecule has 1 aliphatic rings. The number of carboxylic acid groups (broad SMARTS) is 1. The van der Waals surface area contributed by atoms with Crippen LogP contribution < -0.4 is 4.74 Å². The zero-order chi connectivity index (χ0) is 13.2. The lowest BCUT2D eigenvalue weighted by Crippen LogP contribution is -2.23. The molecular weight excluding hydrogens is 234 g/mol. The minimum Gasteiger partial charge on any atom is -0.489 e. The summed E-state index contributed by atoms with van der Waals surface area (Å²) in [5.74, 6) is -0.547. The molecule has 0 spiro atoms. The molecule has 2 heterocycles. The minimum atomic E-state index is -1.01. The monoisotopic (exact) mass is 251 g/mol. The SMILES string of the molecule is CC1(C)CCC(COc2cncc(C(=O)O)c2)O1. The van der Waals surface area contributed by atoms with Crippen LogP contribution >= 0.6 is 0 Å². The van der Waals surface area contributed by atoms with Crippen molar-refractivity contribution in [1.29, 1.82) is 0 Å². The first-order valence-electron chi connectivity index (χ1n) is 5.95. The maximum atomic E-state index is 10.8. The summed E-state index contributed by atoms with van der Waals surface area (Å²) in [5, 5.41) is 8.84. The van der Waals surface area contributed by atoms with Gasteiger partial charge in [0.05, 0.1) is 23.5 Å². The van der Waals surface area contributed by atoms with Crippen LogP contribution in [0.4, 0.5) is 0 Å². The average Bonchev–Trinajstić information content (AvgIpc) is 2.67. The van der Waals surface area contributed by atoms with Crippen LogP contribution in [0.5, 0.6) is 5.75 Å². The molecule has 0 aliphatic carbocycles. The lowest BCUT2D eigenvalue weighted by Gasteiger charge is -2.19. The van der Waals surface area contributed by atoms with Crippen molar-refractivity contribution in [1.82, 2.24) is 4.98 Å². The van der Waals surface area contributed by atoms with Gasteiger partial charge in [-0.3, -0.25) is 4.98 Å². The highest BCUT2D eigenvalue weighted by molar-refractivity contribution is 5.87. The van der Waals surface area contributed by atoms with E-state index in [0.29, 0.717) is 12.4 Å². The summed E-state index contributed by atoms with van der Waals surface area (Å²) in [5.41, 5.74) is 0.0371. The molecule has 0 amide bonds. The first-order valence-corrected chi connectivity index (χ1v) is 5.95. The molecular formula is C13H17NO4. The van der Waals surface area contributed by atoms with Crippen LogP contribution in [-0.2, 0) is 4.74 Å². The van der Waals surface area contributed by atoms with Crippen molar-refractivity contribution in [3.05, 3.63) is 24.0 Å². The van der Waals surface area contributed by atoms with Gasteiger partial charge in [0.2, 0.25) is 0 Å². The van der Waals surface area contributed by atoms with Gasteiger partial charge in [-0.2, -0.15) is 0 Å². The fourth-order valence-electron chi connectivity index (χ4n) is 2.00. The summed E-state index contributed by atoms with van der Waals surface area (Å²) >= 11 is 0. The van der Waals surface area contributed by atoms with Gasteiger partial charge in [0.25, 0.3) is 0 Å². The van der Waals surface area contributed by atoms with Crippen LogP contribution in [-0.4, -0.2) is 34.4 Å². The van der Waals surface area contributed by atoms with Crippen LogP contribution in [0.1, 0.15) is 37.0 Å². The Labute approximate surface area is 106 Å². The van der Waals surface area contributed by atoms with E-state index in [1.807, 2.05) is 0 Å². The first-order chi connectivity index (χ1) is 8.46. The van der Waals surface area contributed by atoms with Gasteiger partial charge in [-0.15, -0.1) is 0 Å². The maximum Gasteiger partial charge on any atom is 0.337 e. The zero-order valence-corrected chi connectivity index (χ0v) is 10.5. The highest BCUT2D eigenvalue weighted by Crippen LogP contribution is 2.29. The first kappa shape index (κ1) is 12.8. The summed E-state index contributed by atoms with van der Waals surface area (Å²) in [6, 6.07) is 1.47. The zero-order valence-electron chi connectivity index (χ0n) is 10.5. The van der Waals surface area contributed by atoms with E-state index < -0.39 is 5.97 Å². The predicted molar refractivity (Wildman–Crippen MR) is 64.9 cm³/mol. The van der Waals surface area contributed by atoms with Crippen LogP contribution in [0.3, 0.4) is 0 Å². The largest absolute Gasteiger partial charge is 0.489 e. The van der Waals surface area contributed by atoms with Crippen molar-refractivity contribution in [2.24, 2.45) is 0 Å². The van der Waals surface area contributed by atoms with E-state index in [9.17, 15) is 4.79 Å². The van der Waals surface area contributed by atoms with Crippen molar-refractivity contribution in [2.45, 2.75) is 38.4 Å². The van der Waals surface area contributed by atoms with Crippen molar-refractivity contribution < 1.29 is 19.4 Å². The quantitative estimate of drug-likeness (QED) is 0.887. The molecule has 0 saturated carbocycles. The Balaban J connectivity index is 1.91. The van der Waals surface area contributed by atoms with Crippen molar-refractivity contribution in [2.75, 3.05) is 6.61 Å². The number of carboxylic acids is 1. The van der Waals surface area contributed by atoms with Gasteiger partial charge in [0.15, 0.2) is 0 Å². The fourth-order valence-corrected chi connectivity index (χ4v) is 2.00. The van der Waals surface area contributed by atoms with Crippen LogP contribution in [0.25, 0.3) is 0 Å². The number of nitrogens with zero attached hydrogens (tertiary/aromatic N) is 1. The fraction of sp³-hybridized carbons (Fsp3) is 0.538. The highest BCUT2D eigenvalue weighted by atomic mass is 16.6. The Bertz CT molecular complexity index is 444. The molecule has 5 heteroatoms. The van der Waals surface area contributed by atoms with E-state index in [2.05, 4.69) is 18.8 Å². The molecule has 0 radical (unpaired) electrons. The average molecular weight is 251 g/mol. The topological polar surface area (TPSA) is 68.7 Å². The standard InChI is InChI=1S/C13H17NO4/c1-13(2)4-3-10(18-13)8-17-11-5-9(12(15)16)6-14-7-11/h5-7,10H,3-4,8H2,1-2H3,(H,15,16). The molecule has 1 N–H and O–H groups in total. The lowest BCUT2D eigenvalue weighted by atomic mass is 10.1. The molecule has 98 valence electrons. The van der Waals surface area contributed by atoms with Gasteiger partial charge < -0.3 is 14.6 Å². The van der Waals surface area contributed by atoms with Gasteiger partial charge >= 0.3 is 5.97 Å². The van der Waals surface area contributed by atoms with E-state index in [0.717, 1.165) is 12.8 Å². The second-order valence-corrected chi connectivity index (χ2v) is 5.06. The molecule has 1 aromatic heterocycles. The number of ether oxygens (including phenoxy) is 2. The number of pyridine rings is 1.